The quantitative estimate of drug-likeness (QED) is 0.923. The molecule has 0 aliphatic carbocycles. The van der Waals surface area contributed by atoms with Gasteiger partial charge < -0.3 is 5.32 Å². The van der Waals surface area contributed by atoms with Gasteiger partial charge in [0, 0.05) is 16.8 Å². The minimum atomic E-state index is 0.459. The topological polar surface area (TPSA) is 24.9 Å². The van der Waals surface area contributed by atoms with E-state index >= 15 is 0 Å². The molecule has 1 aromatic heterocycles. The van der Waals surface area contributed by atoms with Crippen LogP contribution < -0.4 is 5.32 Å². The fourth-order valence-corrected chi connectivity index (χ4v) is 3.38. The van der Waals surface area contributed by atoms with E-state index in [2.05, 4.69) is 16.8 Å². The van der Waals surface area contributed by atoms with E-state index in [1.165, 1.54) is 18.5 Å². The van der Waals surface area contributed by atoms with Crippen molar-refractivity contribution >= 4 is 22.9 Å². The van der Waals surface area contributed by atoms with E-state index in [1.54, 1.807) is 11.3 Å². The standard InChI is InChI=1S/C14H15ClN2S/c15-11-5-2-1-4-10(11)8-14-17-13(9-18-14)12-6-3-7-16-12/h1-2,4-5,9,12,16H,3,6-8H2. The number of benzene rings is 1. The third-order valence-electron chi connectivity index (χ3n) is 3.29. The van der Waals surface area contributed by atoms with Crippen molar-refractivity contribution < 1.29 is 0 Å². The van der Waals surface area contributed by atoms with Gasteiger partial charge in [0.2, 0.25) is 0 Å². The van der Waals surface area contributed by atoms with Gasteiger partial charge in [-0.15, -0.1) is 11.3 Å². The molecule has 94 valence electrons. The molecule has 18 heavy (non-hydrogen) atoms. The summed E-state index contributed by atoms with van der Waals surface area (Å²) in [6.07, 6.45) is 3.29. The molecule has 1 aromatic carbocycles. The molecular formula is C14H15ClN2S. The van der Waals surface area contributed by atoms with Crippen LogP contribution in [0.1, 0.15) is 35.1 Å². The summed E-state index contributed by atoms with van der Waals surface area (Å²) in [5.41, 5.74) is 2.35. The van der Waals surface area contributed by atoms with Crippen molar-refractivity contribution in [3.8, 4) is 0 Å². The molecule has 2 aromatic rings. The highest BCUT2D eigenvalue weighted by Gasteiger charge is 2.18. The lowest BCUT2D eigenvalue weighted by Gasteiger charge is -2.05. The van der Waals surface area contributed by atoms with Crippen LogP contribution in [0.4, 0.5) is 0 Å². The van der Waals surface area contributed by atoms with Crippen LogP contribution in [-0.2, 0) is 6.42 Å². The van der Waals surface area contributed by atoms with Gasteiger partial charge in [-0.1, -0.05) is 29.8 Å². The SMILES string of the molecule is Clc1ccccc1Cc1nc(C2CCCN2)cs1. The van der Waals surface area contributed by atoms with Gasteiger partial charge in [0.25, 0.3) is 0 Å². The summed E-state index contributed by atoms with van der Waals surface area (Å²) in [5, 5.41) is 7.63. The van der Waals surface area contributed by atoms with Crippen LogP contribution >= 0.6 is 22.9 Å². The van der Waals surface area contributed by atoms with Crippen molar-refractivity contribution in [2.75, 3.05) is 6.54 Å². The summed E-state index contributed by atoms with van der Waals surface area (Å²) < 4.78 is 0. The van der Waals surface area contributed by atoms with Crippen LogP contribution in [0, 0.1) is 0 Å². The Bertz CT molecular complexity index is 532. The van der Waals surface area contributed by atoms with Crippen LogP contribution in [0.15, 0.2) is 29.6 Å². The summed E-state index contributed by atoms with van der Waals surface area (Å²) in [6.45, 7) is 1.11. The Morgan fingerprint density at radius 1 is 1.39 bits per heavy atom. The van der Waals surface area contributed by atoms with E-state index in [-0.39, 0.29) is 0 Å². The highest BCUT2D eigenvalue weighted by molar-refractivity contribution is 7.09. The lowest BCUT2D eigenvalue weighted by molar-refractivity contribution is 0.630. The smallest absolute Gasteiger partial charge is 0.0973 e. The number of halogens is 1. The van der Waals surface area contributed by atoms with E-state index in [0.29, 0.717) is 6.04 Å². The van der Waals surface area contributed by atoms with Crippen LogP contribution in [0.5, 0.6) is 0 Å². The molecular weight excluding hydrogens is 264 g/mol. The first-order valence-corrected chi connectivity index (χ1v) is 7.50. The first kappa shape index (κ1) is 12.2. The Morgan fingerprint density at radius 2 is 2.28 bits per heavy atom. The van der Waals surface area contributed by atoms with Gasteiger partial charge in [-0.2, -0.15) is 0 Å². The molecule has 3 rings (SSSR count). The number of rotatable bonds is 3. The van der Waals surface area contributed by atoms with Crippen molar-refractivity contribution in [3.05, 3.63) is 50.9 Å². The van der Waals surface area contributed by atoms with Crippen molar-refractivity contribution in [2.24, 2.45) is 0 Å². The maximum Gasteiger partial charge on any atom is 0.0973 e. The third-order valence-corrected chi connectivity index (χ3v) is 4.52. The van der Waals surface area contributed by atoms with Gasteiger partial charge in [0.05, 0.1) is 16.7 Å². The summed E-state index contributed by atoms with van der Waals surface area (Å²) in [5.74, 6) is 0. The molecule has 0 amide bonds. The van der Waals surface area contributed by atoms with E-state index in [9.17, 15) is 0 Å². The Kier molecular flexibility index (Phi) is 3.64. The molecule has 1 aliphatic rings. The summed E-state index contributed by atoms with van der Waals surface area (Å²) in [6, 6.07) is 8.44. The number of hydrogen-bond acceptors (Lipinski definition) is 3. The molecule has 2 nitrogen and oxygen atoms in total. The number of aromatic nitrogens is 1. The number of nitrogens with zero attached hydrogens (tertiary/aromatic N) is 1. The lowest BCUT2D eigenvalue weighted by Crippen LogP contribution is -2.13. The zero-order chi connectivity index (χ0) is 12.4. The zero-order valence-electron chi connectivity index (χ0n) is 10.0. The minimum absolute atomic E-state index is 0.459. The van der Waals surface area contributed by atoms with Crippen LogP contribution in [0.25, 0.3) is 0 Å². The summed E-state index contributed by atoms with van der Waals surface area (Å²) in [7, 11) is 0. The largest absolute Gasteiger partial charge is 0.309 e. The molecule has 1 N–H and O–H groups in total. The maximum atomic E-state index is 6.17. The van der Waals surface area contributed by atoms with Crippen molar-refractivity contribution in [1.29, 1.82) is 0 Å². The molecule has 2 heterocycles. The van der Waals surface area contributed by atoms with Gasteiger partial charge in [-0.05, 0) is 31.0 Å². The molecule has 0 saturated carbocycles. The molecule has 1 fully saturated rings. The average molecular weight is 279 g/mol. The van der Waals surface area contributed by atoms with Crippen LogP contribution in [-0.4, -0.2) is 11.5 Å². The first-order chi connectivity index (χ1) is 8.83. The highest BCUT2D eigenvalue weighted by Crippen LogP contribution is 2.26. The van der Waals surface area contributed by atoms with Crippen molar-refractivity contribution in [3.63, 3.8) is 0 Å². The second kappa shape index (κ2) is 5.39. The van der Waals surface area contributed by atoms with E-state index in [4.69, 9.17) is 16.6 Å². The predicted octanol–water partition coefficient (Wildman–Crippen LogP) is 3.81. The fourth-order valence-electron chi connectivity index (χ4n) is 2.31. The Morgan fingerprint density at radius 3 is 3.06 bits per heavy atom. The predicted molar refractivity (Wildman–Crippen MR) is 76.3 cm³/mol. The van der Waals surface area contributed by atoms with E-state index < -0.39 is 0 Å². The monoisotopic (exact) mass is 278 g/mol. The molecule has 0 radical (unpaired) electrons. The van der Waals surface area contributed by atoms with Crippen LogP contribution in [0.2, 0.25) is 5.02 Å². The van der Waals surface area contributed by atoms with Crippen molar-refractivity contribution in [1.82, 2.24) is 10.3 Å². The fraction of sp³-hybridized carbons (Fsp3) is 0.357. The summed E-state index contributed by atoms with van der Waals surface area (Å²) in [4.78, 5) is 4.73. The molecule has 1 aliphatic heterocycles. The summed E-state index contributed by atoms with van der Waals surface area (Å²) >= 11 is 7.90. The Balaban J connectivity index is 1.75. The van der Waals surface area contributed by atoms with Gasteiger partial charge in [-0.25, -0.2) is 4.98 Å². The molecule has 1 atom stereocenters. The van der Waals surface area contributed by atoms with Crippen molar-refractivity contribution in [2.45, 2.75) is 25.3 Å². The first-order valence-electron chi connectivity index (χ1n) is 6.24. The molecule has 4 heteroatoms. The van der Waals surface area contributed by atoms with E-state index in [1.807, 2.05) is 18.2 Å². The third kappa shape index (κ3) is 2.58. The Labute approximate surface area is 116 Å². The van der Waals surface area contributed by atoms with Crippen LogP contribution in [0.3, 0.4) is 0 Å². The number of nitrogens with one attached hydrogen (secondary N) is 1. The second-order valence-electron chi connectivity index (χ2n) is 4.58. The lowest BCUT2D eigenvalue weighted by atomic mass is 10.1. The number of hydrogen-bond donors (Lipinski definition) is 1. The van der Waals surface area contributed by atoms with Gasteiger partial charge in [-0.3, -0.25) is 0 Å². The van der Waals surface area contributed by atoms with Gasteiger partial charge in [0.1, 0.15) is 0 Å². The molecule has 0 bridgehead atoms. The minimum Gasteiger partial charge on any atom is -0.309 e. The Hall–Kier alpha value is -0.900. The highest BCUT2D eigenvalue weighted by atomic mass is 35.5. The molecule has 0 spiro atoms. The van der Waals surface area contributed by atoms with Gasteiger partial charge in [0.15, 0.2) is 0 Å². The zero-order valence-corrected chi connectivity index (χ0v) is 11.6. The maximum absolute atomic E-state index is 6.17. The number of thiazole rings is 1. The normalized spacial score (nSPS) is 19.3. The average Bonchev–Trinajstić information content (AvgIpc) is 3.02. The molecule has 1 unspecified atom stereocenters. The van der Waals surface area contributed by atoms with Gasteiger partial charge >= 0.3 is 0 Å². The van der Waals surface area contributed by atoms with E-state index in [0.717, 1.165) is 28.6 Å². The molecule has 1 saturated heterocycles. The second-order valence-corrected chi connectivity index (χ2v) is 5.93.